The lowest BCUT2D eigenvalue weighted by Crippen LogP contribution is -2.30. The van der Waals surface area contributed by atoms with E-state index in [-0.39, 0.29) is 18.9 Å². The van der Waals surface area contributed by atoms with Gasteiger partial charge in [0.2, 0.25) is 5.91 Å². The highest BCUT2D eigenvalue weighted by atomic mass is 19.4. The minimum atomic E-state index is -4.95. The van der Waals surface area contributed by atoms with E-state index in [2.05, 4.69) is 12.2 Å². The molecule has 9 heteroatoms. The van der Waals surface area contributed by atoms with Crippen LogP contribution in [0.5, 0.6) is 0 Å². The third kappa shape index (κ3) is 20.8. The van der Waals surface area contributed by atoms with Gasteiger partial charge in [-0.1, -0.05) is 77.6 Å². The van der Waals surface area contributed by atoms with Gasteiger partial charge in [-0.2, -0.15) is 13.2 Å². The first-order chi connectivity index (χ1) is 16.2. The van der Waals surface area contributed by atoms with E-state index in [0.717, 1.165) is 70.6 Å². The molecule has 0 bridgehead atoms. The topological polar surface area (TPSA) is 92.7 Å². The number of hydrogen-bond acceptors (Lipinski definition) is 4. The van der Waals surface area contributed by atoms with Crippen molar-refractivity contribution in [2.24, 2.45) is 0 Å². The summed E-state index contributed by atoms with van der Waals surface area (Å²) in [6.45, 7) is 2.29. The molecule has 0 aromatic heterocycles. The van der Waals surface area contributed by atoms with Crippen molar-refractivity contribution < 1.29 is 37.4 Å². The maximum atomic E-state index is 12.6. The first kappa shape index (κ1) is 32.2. The van der Waals surface area contributed by atoms with Crippen LogP contribution in [0.25, 0.3) is 0 Å². The number of halogens is 3. The van der Waals surface area contributed by atoms with Crippen molar-refractivity contribution in [3.05, 3.63) is 0 Å². The summed E-state index contributed by atoms with van der Waals surface area (Å²) in [7, 11) is 0. The van der Waals surface area contributed by atoms with E-state index in [1.807, 2.05) is 0 Å². The number of hydrogen-bond donors (Lipinski definition) is 2. The lowest BCUT2D eigenvalue weighted by atomic mass is 10.0. The molecule has 0 aliphatic carbocycles. The van der Waals surface area contributed by atoms with Crippen molar-refractivity contribution in [3.8, 4) is 0 Å². The van der Waals surface area contributed by atoms with Gasteiger partial charge in [-0.15, -0.1) is 0 Å². The number of esters is 1. The second kappa shape index (κ2) is 20.6. The number of alkyl halides is 3. The first-order valence-corrected chi connectivity index (χ1v) is 12.9. The highest BCUT2D eigenvalue weighted by Gasteiger charge is 2.42. The van der Waals surface area contributed by atoms with E-state index in [1.165, 1.54) is 19.3 Å². The number of carbonyl (C=O) groups excluding carboxylic acids is 2. The molecule has 6 nitrogen and oxygen atoms in total. The van der Waals surface area contributed by atoms with Crippen LogP contribution in [0, 0.1) is 0 Å². The maximum absolute atomic E-state index is 12.6. The number of carboxylic acid groups (broad SMARTS) is 1. The van der Waals surface area contributed by atoms with Gasteiger partial charge >= 0.3 is 18.1 Å². The van der Waals surface area contributed by atoms with E-state index >= 15 is 0 Å². The van der Waals surface area contributed by atoms with Crippen LogP contribution in [0.3, 0.4) is 0 Å². The molecule has 0 saturated heterocycles. The van der Waals surface area contributed by atoms with Crippen LogP contribution in [0.1, 0.15) is 122 Å². The van der Waals surface area contributed by atoms with Gasteiger partial charge in [-0.3, -0.25) is 9.59 Å². The van der Waals surface area contributed by atoms with Crippen LogP contribution >= 0.6 is 0 Å². The van der Waals surface area contributed by atoms with Crippen molar-refractivity contribution in [2.75, 3.05) is 6.54 Å². The average Bonchev–Trinajstić information content (AvgIpc) is 2.76. The number of unbranched alkanes of at least 4 members (excludes halogenated alkanes) is 12. The van der Waals surface area contributed by atoms with Gasteiger partial charge in [0.1, 0.15) is 6.10 Å². The van der Waals surface area contributed by atoms with E-state index in [4.69, 9.17) is 9.84 Å². The zero-order chi connectivity index (χ0) is 25.7. The molecule has 2 N–H and O–H groups in total. The third-order valence-electron chi connectivity index (χ3n) is 5.73. The predicted molar refractivity (Wildman–Crippen MR) is 125 cm³/mol. The van der Waals surface area contributed by atoms with Gasteiger partial charge in [0.15, 0.2) is 0 Å². The molecule has 200 valence electrons. The number of carboxylic acids is 1. The summed E-state index contributed by atoms with van der Waals surface area (Å²) in [4.78, 5) is 33.2. The molecule has 0 saturated carbocycles. The molecular weight excluding hydrogens is 451 g/mol. The maximum Gasteiger partial charge on any atom is 0.490 e. The molecule has 0 aromatic carbocycles. The van der Waals surface area contributed by atoms with E-state index in [0.29, 0.717) is 19.3 Å². The van der Waals surface area contributed by atoms with E-state index in [1.54, 1.807) is 0 Å². The van der Waals surface area contributed by atoms with Crippen molar-refractivity contribution in [2.45, 2.75) is 135 Å². The number of rotatable bonds is 22. The van der Waals surface area contributed by atoms with Crippen LogP contribution in [-0.4, -0.2) is 41.8 Å². The Hall–Kier alpha value is -1.80. The summed E-state index contributed by atoms with van der Waals surface area (Å²) >= 11 is 0. The Kier molecular flexibility index (Phi) is 19.5. The average molecular weight is 496 g/mol. The zero-order valence-electron chi connectivity index (χ0n) is 20.7. The Labute approximate surface area is 202 Å². The normalized spacial score (nSPS) is 12.4. The second-order valence-corrected chi connectivity index (χ2v) is 8.94. The number of nitrogens with one attached hydrogen (secondary N) is 1. The Balaban J connectivity index is 3.94. The molecule has 0 radical (unpaired) electrons. The van der Waals surface area contributed by atoms with Crippen LogP contribution < -0.4 is 5.32 Å². The number of amides is 1. The Morgan fingerprint density at radius 2 is 1.24 bits per heavy atom. The molecule has 0 aliphatic rings. The van der Waals surface area contributed by atoms with Gasteiger partial charge in [-0.25, -0.2) is 4.79 Å². The quantitative estimate of drug-likeness (QED) is 0.129. The summed E-state index contributed by atoms with van der Waals surface area (Å²) < 4.78 is 42.5. The molecule has 0 heterocycles. The van der Waals surface area contributed by atoms with E-state index < -0.39 is 24.2 Å². The van der Waals surface area contributed by atoms with Gasteiger partial charge in [0.25, 0.3) is 0 Å². The zero-order valence-corrected chi connectivity index (χ0v) is 20.7. The minimum absolute atomic E-state index is 0.0823. The van der Waals surface area contributed by atoms with Gasteiger partial charge in [-0.05, 0) is 32.1 Å². The largest absolute Gasteiger partial charge is 0.490 e. The monoisotopic (exact) mass is 495 g/mol. The SMILES string of the molecule is CCCCCCCCCC(CCCCCCCCCC(=O)NCCC(=O)O)OC(=O)C(F)(F)F. The van der Waals surface area contributed by atoms with Gasteiger partial charge in [0.05, 0.1) is 6.42 Å². The lowest BCUT2D eigenvalue weighted by molar-refractivity contribution is -0.205. The molecule has 1 atom stereocenters. The van der Waals surface area contributed by atoms with Crippen LogP contribution in [0.4, 0.5) is 13.2 Å². The smallest absolute Gasteiger partial charge is 0.481 e. The molecule has 0 spiro atoms. The molecule has 1 unspecified atom stereocenters. The van der Waals surface area contributed by atoms with Crippen LogP contribution in [0.2, 0.25) is 0 Å². The van der Waals surface area contributed by atoms with Crippen molar-refractivity contribution in [1.82, 2.24) is 5.32 Å². The molecule has 0 rings (SSSR count). The van der Waals surface area contributed by atoms with Crippen LogP contribution in [0.15, 0.2) is 0 Å². The minimum Gasteiger partial charge on any atom is -0.481 e. The van der Waals surface area contributed by atoms with Crippen molar-refractivity contribution in [3.63, 3.8) is 0 Å². The predicted octanol–water partition coefficient (Wildman–Crippen LogP) is 6.70. The summed E-state index contributed by atoms with van der Waals surface area (Å²) in [5, 5.41) is 11.1. The Morgan fingerprint density at radius 3 is 1.71 bits per heavy atom. The number of aliphatic carboxylic acids is 1. The van der Waals surface area contributed by atoms with E-state index in [9.17, 15) is 27.6 Å². The van der Waals surface area contributed by atoms with Crippen LogP contribution in [-0.2, 0) is 19.1 Å². The molecule has 0 fully saturated rings. The van der Waals surface area contributed by atoms with Gasteiger partial charge < -0.3 is 15.2 Å². The Morgan fingerprint density at radius 1 is 0.765 bits per heavy atom. The summed E-state index contributed by atoms with van der Waals surface area (Å²) in [6.07, 6.45) is 9.18. The molecule has 1 amide bonds. The number of carbonyl (C=O) groups is 3. The van der Waals surface area contributed by atoms with Crippen molar-refractivity contribution >= 4 is 17.8 Å². The summed E-state index contributed by atoms with van der Waals surface area (Å²) in [6, 6.07) is 0. The fourth-order valence-corrected chi connectivity index (χ4v) is 3.75. The van der Waals surface area contributed by atoms with Gasteiger partial charge in [0, 0.05) is 13.0 Å². The third-order valence-corrected chi connectivity index (χ3v) is 5.73. The highest BCUT2D eigenvalue weighted by Crippen LogP contribution is 2.22. The first-order valence-electron chi connectivity index (χ1n) is 12.9. The molecule has 0 aromatic rings. The fraction of sp³-hybridized carbons (Fsp3) is 0.880. The lowest BCUT2D eigenvalue weighted by Gasteiger charge is -2.19. The molecular formula is C25H44F3NO5. The summed E-state index contributed by atoms with van der Waals surface area (Å²) in [5.74, 6) is -3.17. The highest BCUT2D eigenvalue weighted by molar-refractivity contribution is 5.76. The molecule has 34 heavy (non-hydrogen) atoms. The van der Waals surface area contributed by atoms with Crippen molar-refractivity contribution in [1.29, 1.82) is 0 Å². The standard InChI is InChI=1S/C25H44F3NO5/c1-2-3-4-5-7-10-13-16-21(34-24(33)25(26,27)28)17-14-11-8-6-9-12-15-18-22(30)29-20-19-23(31)32/h21H,2-20H2,1H3,(H,29,30)(H,31,32). The Bertz CT molecular complexity index is 555. The molecule has 0 aliphatic heterocycles. The second-order valence-electron chi connectivity index (χ2n) is 8.94. The summed E-state index contributed by atoms with van der Waals surface area (Å²) in [5.41, 5.74) is 0. The number of ether oxygens (including phenoxy) is 1. The fourth-order valence-electron chi connectivity index (χ4n) is 3.75.